The highest BCUT2D eigenvalue weighted by Gasteiger charge is 2.33. The third kappa shape index (κ3) is 4.98. The number of carbonyl (C=O) groups excluding carboxylic acids is 1. The van der Waals surface area contributed by atoms with Crippen LogP contribution in [0.1, 0.15) is 13.8 Å². The lowest BCUT2D eigenvalue weighted by molar-refractivity contribution is -0.120. The maximum Gasteiger partial charge on any atom is 0.246 e. The zero-order valence-electron chi connectivity index (χ0n) is 17.0. The molecule has 0 radical (unpaired) electrons. The molecule has 0 spiro atoms. The van der Waals surface area contributed by atoms with E-state index in [-0.39, 0.29) is 46.5 Å². The minimum absolute atomic E-state index is 0.0124. The number of hydrogen-bond donors (Lipinski definition) is 0. The first kappa shape index (κ1) is 23.0. The first-order valence-electron chi connectivity index (χ1n) is 9.75. The average molecular weight is 470 g/mol. The molecular formula is C21H25Cl2N3O3S. The molecule has 162 valence electrons. The highest BCUT2D eigenvalue weighted by atomic mass is 35.5. The minimum Gasteiger partial charge on any atom is -0.309 e. The van der Waals surface area contributed by atoms with Crippen molar-refractivity contribution in [3.8, 4) is 0 Å². The number of benzene rings is 2. The number of para-hydroxylation sites is 1. The molecule has 0 saturated carbocycles. The van der Waals surface area contributed by atoms with E-state index in [0.717, 1.165) is 5.69 Å². The van der Waals surface area contributed by atoms with Crippen LogP contribution in [0.4, 0.5) is 5.69 Å². The summed E-state index contributed by atoms with van der Waals surface area (Å²) in [6.07, 6.45) is 0. The van der Waals surface area contributed by atoms with E-state index < -0.39 is 10.0 Å². The van der Waals surface area contributed by atoms with E-state index in [4.69, 9.17) is 23.2 Å². The van der Waals surface area contributed by atoms with E-state index in [1.807, 2.05) is 49.1 Å². The summed E-state index contributed by atoms with van der Waals surface area (Å²) in [5.74, 6) is -0.0124. The number of anilines is 1. The van der Waals surface area contributed by atoms with Crippen molar-refractivity contribution in [3.63, 3.8) is 0 Å². The summed E-state index contributed by atoms with van der Waals surface area (Å²) in [5, 5.41) is 0.214. The topological polar surface area (TPSA) is 60.9 Å². The number of halogens is 2. The second-order valence-electron chi connectivity index (χ2n) is 7.42. The highest BCUT2D eigenvalue weighted by Crippen LogP contribution is 2.31. The quantitative estimate of drug-likeness (QED) is 0.646. The number of nitrogens with zero attached hydrogens (tertiary/aromatic N) is 3. The molecule has 1 aliphatic heterocycles. The summed E-state index contributed by atoms with van der Waals surface area (Å²) in [5.41, 5.74) is 0.854. The molecule has 2 aromatic carbocycles. The van der Waals surface area contributed by atoms with Crippen molar-refractivity contribution in [2.24, 2.45) is 0 Å². The first-order valence-corrected chi connectivity index (χ1v) is 11.9. The molecule has 0 N–H and O–H groups in total. The molecule has 0 aliphatic carbocycles. The molecule has 1 saturated heterocycles. The first-order chi connectivity index (χ1) is 14.2. The van der Waals surface area contributed by atoms with E-state index >= 15 is 0 Å². The molecule has 0 aromatic heterocycles. The van der Waals surface area contributed by atoms with E-state index in [9.17, 15) is 13.2 Å². The van der Waals surface area contributed by atoms with E-state index in [0.29, 0.717) is 13.1 Å². The van der Waals surface area contributed by atoms with Crippen LogP contribution in [0.2, 0.25) is 10.0 Å². The summed E-state index contributed by atoms with van der Waals surface area (Å²) >= 11 is 12.2. The molecule has 2 aromatic rings. The Morgan fingerprint density at radius 1 is 0.967 bits per heavy atom. The van der Waals surface area contributed by atoms with Crippen molar-refractivity contribution >= 4 is 44.8 Å². The van der Waals surface area contributed by atoms with Gasteiger partial charge in [-0.05, 0) is 38.1 Å². The lowest BCUT2D eigenvalue weighted by Crippen LogP contribution is -2.52. The van der Waals surface area contributed by atoms with Crippen LogP contribution in [0.25, 0.3) is 0 Å². The van der Waals surface area contributed by atoms with Gasteiger partial charge in [0.25, 0.3) is 0 Å². The van der Waals surface area contributed by atoms with Gasteiger partial charge in [0.05, 0.1) is 16.6 Å². The molecular weight excluding hydrogens is 445 g/mol. The number of sulfonamides is 1. The lowest BCUT2D eigenvalue weighted by Gasteiger charge is -2.35. The van der Waals surface area contributed by atoms with Gasteiger partial charge in [-0.15, -0.1) is 0 Å². The molecule has 3 rings (SSSR count). The standard InChI is InChI=1S/C21H25Cl2N3O3S/c1-16(2)26(17-7-4-3-5-8-17)20(27)15-24-11-13-25(14-12-24)30(28,29)21-18(22)9-6-10-19(21)23/h3-10,16H,11-15H2,1-2H3. The van der Waals surface area contributed by atoms with Gasteiger partial charge in [0.1, 0.15) is 4.90 Å². The average Bonchev–Trinajstić information content (AvgIpc) is 2.68. The van der Waals surface area contributed by atoms with Crippen LogP contribution in [0, 0.1) is 0 Å². The van der Waals surface area contributed by atoms with Gasteiger partial charge in [-0.1, -0.05) is 47.5 Å². The van der Waals surface area contributed by atoms with Crippen LogP contribution in [0.5, 0.6) is 0 Å². The van der Waals surface area contributed by atoms with Gasteiger partial charge in [-0.3, -0.25) is 9.69 Å². The molecule has 1 aliphatic rings. The van der Waals surface area contributed by atoms with Gasteiger partial charge in [-0.2, -0.15) is 4.31 Å². The number of rotatable bonds is 6. The molecule has 6 nitrogen and oxygen atoms in total. The van der Waals surface area contributed by atoms with Crippen molar-refractivity contribution in [2.45, 2.75) is 24.8 Å². The predicted molar refractivity (Wildman–Crippen MR) is 121 cm³/mol. The molecule has 0 atom stereocenters. The van der Waals surface area contributed by atoms with Crippen molar-refractivity contribution < 1.29 is 13.2 Å². The lowest BCUT2D eigenvalue weighted by atomic mass is 10.2. The van der Waals surface area contributed by atoms with Crippen molar-refractivity contribution in [1.29, 1.82) is 0 Å². The van der Waals surface area contributed by atoms with Crippen LogP contribution in [-0.2, 0) is 14.8 Å². The Bertz CT molecular complexity index is 972. The number of carbonyl (C=O) groups is 1. The maximum absolute atomic E-state index is 13.0. The Kier molecular flexibility index (Phi) is 7.42. The second kappa shape index (κ2) is 9.66. The van der Waals surface area contributed by atoms with E-state index in [2.05, 4.69) is 0 Å². The fourth-order valence-electron chi connectivity index (χ4n) is 3.57. The van der Waals surface area contributed by atoms with Crippen LogP contribution in [0.3, 0.4) is 0 Å². The van der Waals surface area contributed by atoms with Crippen LogP contribution < -0.4 is 4.90 Å². The molecule has 1 fully saturated rings. The largest absolute Gasteiger partial charge is 0.309 e. The zero-order valence-corrected chi connectivity index (χ0v) is 19.3. The molecule has 9 heteroatoms. The minimum atomic E-state index is -3.80. The Labute approximate surface area is 188 Å². The maximum atomic E-state index is 13.0. The number of amides is 1. The second-order valence-corrected chi connectivity index (χ2v) is 10.1. The fourth-order valence-corrected chi connectivity index (χ4v) is 6.09. The summed E-state index contributed by atoms with van der Waals surface area (Å²) in [6.45, 7) is 5.62. The van der Waals surface area contributed by atoms with Gasteiger partial charge in [0.2, 0.25) is 15.9 Å². The summed E-state index contributed by atoms with van der Waals surface area (Å²) in [6, 6.07) is 14.2. The Balaban J connectivity index is 1.66. The zero-order chi connectivity index (χ0) is 21.9. The van der Waals surface area contributed by atoms with Gasteiger partial charge in [-0.25, -0.2) is 8.42 Å². The van der Waals surface area contributed by atoms with Gasteiger partial charge < -0.3 is 4.90 Å². The summed E-state index contributed by atoms with van der Waals surface area (Å²) in [4.78, 5) is 16.6. The van der Waals surface area contributed by atoms with Crippen LogP contribution in [-0.4, -0.2) is 62.3 Å². The van der Waals surface area contributed by atoms with Crippen molar-refractivity contribution in [2.75, 3.05) is 37.6 Å². The van der Waals surface area contributed by atoms with Gasteiger partial charge >= 0.3 is 0 Å². The summed E-state index contributed by atoms with van der Waals surface area (Å²) < 4.78 is 27.4. The molecule has 0 bridgehead atoms. The molecule has 1 heterocycles. The third-order valence-electron chi connectivity index (χ3n) is 5.03. The normalized spacial score (nSPS) is 16.0. The Morgan fingerprint density at radius 3 is 2.07 bits per heavy atom. The van der Waals surface area contributed by atoms with E-state index in [1.54, 1.807) is 11.0 Å². The highest BCUT2D eigenvalue weighted by molar-refractivity contribution is 7.89. The van der Waals surface area contributed by atoms with Gasteiger partial charge in [0, 0.05) is 37.9 Å². The Hall–Kier alpha value is -1.64. The fraction of sp³-hybridized carbons (Fsp3) is 0.381. The third-order valence-corrected chi connectivity index (χ3v) is 7.88. The molecule has 1 amide bonds. The van der Waals surface area contributed by atoms with Crippen LogP contribution >= 0.6 is 23.2 Å². The van der Waals surface area contributed by atoms with Crippen LogP contribution in [0.15, 0.2) is 53.4 Å². The van der Waals surface area contributed by atoms with Crippen molar-refractivity contribution in [1.82, 2.24) is 9.21 Å². The smallest absolute Gasteiger partial charge is 0.246 e. The number of hydrogen-bond acceptors (Lipinski definition) is 4. The van der Waals surface area contributed by atoms with Gasteiger partial charge in [0.15, 0.2) is 0 Å². The monoisotopic (exact) mass is 469 g/mol. The predicted octanol–water partition coefficient (Wildman–Crippen LogP) is 3.74. The summed E-state index contributed by atoms with van der Waals surface area (Å²) in [7, 11) is -3.80. The van der Waals surface area contributed by atoms with E-state index in [1.165, 1.54) is 16.4 Å². The molecule has 0 unspecified atom stereocenters. The Morgan fingerprint density at radius 2 is 1.53 bits per heavy atom. The SMILES string of the molecule is CC(C)N(C(=O)CN1CCN(S(=O)(=O)c2c(Cl)cccc2Cl)CC1)c1ccccc1. The number of piperazine rings is 1. The van der Waals surface area contributed by atoms with Crippen molar-refractivity contribution in [3.05, 3.63) is 58.6 Å². The molecule has 30 heavy (non-hydrogen) atoms.